The van der Waals surface area contributed by atoms with Crippen molar-refractivity contribution >= 4 is 17.2 Å². The number of nitrogens with zero attached hydrogens (tertiary/aromatic N) is 1. The van der Waals surface area contributed by atoms with Gasteiger partial charge in [0.2, 0.25) is 0 Å². The molecule has 1 amide bonds. The summed E-state index contributed by atoms with van der Waals surface area (Å²) in [5, 5.41) is 1.87. The first-order valence-corrected chi connectivity index (χ1v) is 6.67. The standard InChI is InChI=1S/C12H18N2O2S/c1-8-3-5-14(7-9(8)13)12(15)11-10(16-2)4-6-17-11/h4,6,8-9H,3,5,7,13H2,1-2H3. The van der Waals surface area contributed by atoms with Gasteiger partial charge < -0.3 is 15.4 Å². The smallest absolute Gasteiger partial charge is 0.267 e. The molecule has 0 saturated carbocycles. The van der Waals surface area contributed by atoms with Gasteiger partial charge in [0.15, 0.2) is 0 Å². The van der Waals surface area contributed by atoms with Crippen molar-refractivity contribution in [2.24, 2.45) is 11.7 Å². The number of carbonyl (C=O) groups is 1. The first-order valence-electron chi connectivity index (χ1n) is 5.79. The highest BCUT2D eigenvalue weighted by Gasteiger charge is 2.28. The maximum Gasteiger partial charge on any atom is 0.267 e. The van der Waals surface area contributed by atoms with E-state index in [1.54, 1.807) is 7.11 Å². The summed E-state index contributed by atoms with van der Waals surface area (Å²) in [5.74, 6) is 1.19. The van der Waals surface area contributed by atoms with E-state index >= 15 is 0 Å². The molecule has 5 heteroatoms. The van der Waals surface area contributed by atoms with Crippen LogP contribution in [0.5, 0.6) is 5.75 Å². The summed E-state index contributed by atoms with van der Waals surface area (Å²) in [6.07, 6.45) is 0.973. The molecule has 0 bridgehead atoms. The largest absolute Gasteiger partial charge is 0.495 e. The second-order valence-electron chi connectivity index (χ2n) is 4.50. The molecule has 4 nitrogen and oxygen atoms in total. The first-order chi connectivity index (χ1) is 8.13. The molecule has 1 aliphatic rings. The molecule has 0 aliphatic carbocycles. The fourth-order valence-electron chi connectivity index (χ4n) is 2.04. The van der Waals surface area contributed by atoms with Crippen molar-refractivity contribution < 1.29 is 9.53 Å². The van der Waals surface area contributed by atoms with Crippen molar-refractivity contribution in [2.45, 2.75) is 19.4 Å². The van der Waals surface area contributed by atoms with E-state index in [2.05, 4.69) is 6.92 Å². The molecule has 0 radical (unpaired) electrons. The summed E-state index contributed by atoms with van der Waals surface area (Å²) in [5.41, 5.74) is 6.01. The Morgan fingerprint density at radius 3 is 3.06 bits per heavy atom. The van der Waals surface area contributed by atoms with Crippen LogP contribution in [-0.4, -0.2) is 37.0 Å². The third kappa shape index (κ3) is 2.45. The summed E-state index contributed by atoms with van der Waals surface area (Å²) < 4.78 is 5.18. The quantitative estimate of drug-likeness (QED) is 0.871. The van der Waals surface area contributed by atoms with Crippen molar-refractivity contribution in [3.8, 4) is 5.75 Å². The Morgan fingerprint density at radius 2 is 2.41 bits per heavy atom. The minimum atomic E-state index is 0.0409. The van der Waals surface area contributed by atoms with E-state index in [0.29, 0.717) is 23.1 Å². The van der Waals surface area contributed by atoms with Crippen molar-refractivity contribution in [1.29, 1.82) is 0 Å². The minimum absolute atomic E-state index is 0.0409. The van der Waals surface area contributed by atoms with Crippen LogP contribution < -0.4 is 10.5 Å². The highest BCUT2D eigenvalue weighted by atomic mass is 32.1. The van der Waals surface area contributed by atoms with E-state index in [4.69, 9.17) is 10.5 Å². The van der Waals surface area contributed by atoms with Gasteiger partial charge in [0.1, 0.15) is 10.6 Å². The fraction of sp³-hybridized carbons (Fsp3) is 0.583. The lowest BCUT2D eigenvalue weighted by Crippen LogP contribution is -2.49. The normalized spacial score (nSPS) is 24.8. The third-order valence-corrected chi connectivity index (χ3v) is 4.23. The van der Waals surface area contributed by atoms with E-state index in [1.807, 2.05) is 16.3 Å². The molecular weight excluding hydrogens is 236 g/mol. The summed E-state index contributed by atoms with van der Waals surface area (Å²) in [4.78, 5) is 14.8. The number of piperidine rings is 1. The lowest BCUT2D eigenvalue weighted by molar-refractivity contribution is 0.0674. The highest BCUT2D eigenvalue weighted by molar-refractivity contribution is 7.12. The van der Waals surface area contributed by atoms with Gasteiger partial charge in [0.05, 0.1) is 7.11 Å². The predicted molar refractivity (Wildman–Crippen MR) is 68.5 cm³/mol. The van der Waals surface area contributed by atoms with Gasteiger partial charge in [0, 0.05) is 19.1 Å². The molecule has 2 atom stereocenters. The van der Waals surface area contributed by atoms with E-state index < -0.39 is 0 Å². The van der Waals surface area contributed by atoms with E-state index in [0.717, 1.165) is 13.0 Å². The SMILES string of the molecule is COc1ccsc1C(=O)N1CCC(C)C(N)C1. The Morgan fingerprint density at radius 1 is 1.65 bits per heavy atom. The number of ether oxygens (including phenoxy) is 1. The Hall–Kier alpha value is -1.07. The highest BCUT2D eigenvalue weighted by Crippen LogP contribution is 2.27. The maximum atomic E-state index is 12.3. The topological polar surface area (TPSA) is 55.6 Å². The molecular formula is C12H18N2O2S. The summed E-state index contributed by atoms with van der Waals surface area (Å²) >= 11 is 1.42. The summed E-state index contributed by atoms with van der Waals surface area (Å²) in [7, 11) is 1.59. The number of likely N-dealkylation sites (tertiary alicyclic amines) is 1. The van der Waals surface area contributed by atoms with Crippen LogP contribution in [-0.2, 0) is 0 Å². The molecule has 0 spiro atoms. The molecule has 1 aliphatic heterocycles. The Kier molecular flexibility index (Phi) is 3.69. The van der Waals surface area contributed by atoms with Gasteiger partial charge in [-0.15, -0.1) is 11.3 Å². The summed E-state index contributed by atoms with van der Waals surface area (Å²) in [6, 6.07) is 1.91. The molecule has 1 aromatic rings. The number of hydrogen-bond donors (Lipinski definition) is 1. The average Bonchev–Trinajstić information content (AvgIpc) is 2.80. The van der Waals surface area contributed by atoms with Crippen LogP contribution in [0.4, 0.5) is 0 Å². The maximum absolute atomic E-state index is 12.3. The number of hydrogen-bond acceptors (Lipinski definition) is 4. The number of thiophene rings is 1. The van der Waals surface area contributed by atoms with Crippen LogP contribution in [0, 0.1) is 5.92 Å². The molecule has 2 heterocycles. The van der Waals surface area contributed by atoms with Crippen molar-refractivity contribution in [1.82, 2.24) is 4.90 Å². The number of methoxy groups -OCH3 is 1. The molecule has 1 saturated heterocycles. The van der Waals surface area contributed by atoms with Gasteiger partial charge in [-0.25, -0.2) is 0 Å². The van der Waals surface area contributed by atoms with Gasteiger partial charge in [-0.2, -0.15) is 0 Å². The van der Waals surface area contributed by atoms with Gasteiger partial charge in [0.25, 0.3) is 5.91 Å². The number of rotatable bonds is 2. The van der Waals surface area contributed by atoms with Gasteiger partial charge >= 0.3 is 0 Å². The molecule has 2 unspecified atom stereocenters. The fourth-order valence-corrected chi connectivity index (χ4v) is 2.87. The molecule has 1 aromatic heterocycles. The zero-order valence-corrected chi connectivity index (χ0v) is 11.0. The zero-order chi connectivity index (χ0) is 12.4. The number of carbonyl (C=O) groups excluding carboxylic acids is 1. The molecule has 0 aromatic carbocycles. The van der Waals surface area contributed by atoms with Gasteiger partial charge in [-0.3, -0.25) is 4.79 Å². The van der Waals surface area contributed by atoms with Crippen LogP contribution in [0.3, 0.4) is 0 Å². The Balaban J connectivity index is 2.10. The van der Waals surface area contributed by atoms with E-state index in [1.165, 1.54) is 11.3 Å². The second-order valence-corrected chi connectivity index (χ2v) is 5.42. The number of nitrogens with two attached hydrogens (primary N) is 1. The zero-order valence-electron chi connectivity index (χ0n) is 10.2. The van der Waals surface area contributed by atoms with Crippen LogP contribution in [0.25, 0.3) is 0 Å². The van der Waals surface area contributed by atoms with Gasteiger partial charge in [-0.05, 0) is 23.8 Å². The summed E-state index contributed by atoms with van der Waals surface area (Å²) in [6.45, 7) is 3.56. The van der Waals surface area contributed by atoms with Gasteiger partial charge in [-0.1, -0.05) is 6.92 Å². The average molecular weight is 254 g/mol. The molecule has 1 fully saturated rings. The number of amides is 1. The van der Waals surface area contributed by atoms with Crippen LogP contribution in [0.2, 0.25) is 0 Å². The Labute approximate surface area is 105 Å². The minimum Gasteiger partial charge on any atom is -0.495 e. The van der Waals surface area contributed by atoms with E-state index in [-0.39, 0.29) is 11.9 Å². The molecule has 2 rings (SSSR count). The van der Waals surface area contributed by atoms with Crippen molar-refractivity contribution in [3.63, 3.8) is 0 Å². The van der Waals surface area contributed by atoms with Crippen molar-refractivity contribution in [2.75, 3.05) is 20.2 Å². The van der Waals surface area contributed by atoms with Crippen LogP contribution in [0.1, 0.15) is 23.0 Å². The second kappa shape index (κ2) is 5.06. The molecule has 2 N–H and O–H groups in total. The molecule has 94 valence electrons. The predicted octanol–water partition coefficient (Wildman–Crippen LogP) is 1.57. The van der Waals surface area contributed by atoms with Crippen LogP contribution >= 0.6 is 11.3 Å². The lowest BCUT2D eigenvalue weighted by atomic mass is 9.94. The van der Waals surface area contributed by atoms with Crippen molar-refractivity contribution in [3.05, 3.63) is 16.3 Å². The molecule has 17 heavy (non-hydrogen) atoms. The van der Waals surface area contributed by atoms with E-state index in [9.17, 15) is 4.79 Å². The third-order valence-electron chi connectivity index (χ3n) is 3.35. The Bertz CT molecular complexity index is 405. The van der Waals surface area contributed by atoms with Crippen LogP contribution in [0.15, 0.2) is 11.4 Å². The lowest BCUT2D eigenvalue weighted by Gasteiger charge is -2.34. The first kappa shape index (κ1) is 12.4. The monoisotopic (exact) mass is 254 g/mol.